The molecule has 23 heavy (non-hydrogen) atoms. The van der Waals surface area contributed by atoms with Crippen LogP contribution in [0.2, 0.25) is 0 Å². The van der Waals surface area contributed by atoms with Gasteiger partial charge >= 0.3 is 5.69 Å². The third kappa shape index (κ3) is 3.15. The fraction of sp³-hybridized carbons (Fsp3) is 0.231. The minimum absolute atomic E-state index is 0.0382. The first-order valence-electron chi connectivity index (χ1n) is 6.61. The summed E-state index contributed by atoms with van der Waals surface area (Å²) in [5.74, 6) is -0.831. The second-order valence-electron chi connectivity index (χ2n) is 4.68. The van der Waals surface area contributed by atoms with E-state index in [4.69, 9.17) is 0 Å². The molecule has 0 unspecified atom stereocenters. The van der Waals surface area contributed by atoms with E-state index < -0.39 is 21.4 Å². The van der Waals surface area contributed by atoms with Crippen LogP contribution in [0.15, 0.2) is 24.4 Å². The highest BCUT2D eigenvalue weighted by molar-refractivity contribution is 6.06. The lowest BCUT2D eigenvalue weighted by Gasteiger charge is -2.07. The number of nitrogens with zero attached hydrogens (tertiary/aromatic N) is 4. The molecule has 0 atom stereocenters. The molecule has 1 aromatic carbocycles. The van der Waals surface area contributed by atoms with Crippen molar-refractivity contribution in [2.45, 2.75) is 20.4 Å². The monoisotopic (exact) mass is 319 g/mol. The number of anilines is 1. The van der Waals surface area contributed by atoms with Gasteiger partial charge in [0.05, 0.1) is 9.85 Å². The Morgan fingerprint density at radius 2 is 1.91 bits per heavy atom. The van der Waals surface area contributed by atoms with E-state index in [9.17, 15) is 25.0 Å². The van der Waals surface area contributed by atoms with Crippen LogP contribution < -0.4 is 5.32 Å². The second kappa shape index (κ2) is 6.22. The summed E-state index contributed by atoms with van der Waals surface area (Å²) in [6, 6.07) is 4.28. The Hall–Kier alpha value is -3.30. The van der Waals surface area contributed by atoms with Gasteiger partial charge in [0.15, 0.2) is 0 Å². The van der Waals surface area contributed by atoms with Gasteiger partial charge in [0, 0.05) is 12.6 Å². The SMILES string of the molecule is CCn1ncc([N+](=O)[O-])c1C(=O)Nc1ccc(C)cc1[N+](=O)[O-]. The third-order valence-corrected chi connectivity index (χ3v) is 3.13. The number of aryl methyl sites for hydroxylation is 2. The Kier molecular flexibility index (Phi) is 4.35. The molecule has 2 aromatic rings. The van der Waals surface area contributed by atoms with Gasteiger partial charge in [-0.2, -0.15) is 5.10 Å². The van der Waals surface area contributed by atoms with E-state index in [1.807, 2.05) is 0 Å². The van der Waals surface area contributed by atoms with E-state index in [0.29, 0.717) is 5.56 Å². The van der Waals surface area contributed by atoms with Crippen molar-refractivity contribution in [1.29, 1.82) is 0 Å². The van der Waals surface area contributed by atoms with Crippen LogP contribution >= 0.6 is 0 Å². The van der Waals surface area contributed by atoms with Crippen molar-refractivity contribution < 1.29 is 14.6 Å². The van der Waals surface area contributed by atoms with Crippen LogP contribution in [0.3, 0.4) is 0 Å². The van der Waals surface area contributed by atoms with Crippen molar-refractivity contribution in [3.63, 3.8) is 0 Å². The smallest absolute Gasteiger partial charge is 0.315 e. The van der Waals surface area contributed by atoms with Crippen LogP contribution in [0.1, 0.15) is 23.0 Å². The summed E-state index contributed by atoms with van der Waals surface area (Å²) in [6.45, 7) is 3.59. The number of carbonyl (C=O) groups is 1. The van der Waals surface area contributed by atoms with Gasteiger partial charge in [-0.25, -0.2) is 0 Å². The van der Waals surface area contributed by atoms with Gasteiger partial charge in [-0.3, -0.25) is 29.7 Å². The zero-order valence-corrected chi connectivity index (χ0v) is 12.3. The van der Waals surface area contributed by atoms with Crippen molar-refractivity contribution in [1.82, 2.24) is 9.78 Å². The first-order valence-corrected chi connectivity index (χ1v) is 6.61. The molecule has 0 aliphatic carbocycles. The maximum absolute atomic E-state index is 12.3. The summed E-state index contributed by atoms with van der Waals surface area (Å²) in [7, 11) is 0. The summed E-state index contributed by atoms with van der Waals surface area (Å²) < 4.78 is 1.16. The van der Waals surface area contributed by atoms with Gasteiger partial charge in [-0.15, -0.1) is 0 Å². The lowest BCUT2D eigenvalue weighted by molar-refractivity contribution is -0.385. The number of aromatic nitrogens is 2. The van der Waals surface area contributed by atoms with Crippen LogP contribution in [-0.4, -0.2) is 25.5 Å². The Labute approximate surface area is 130 Å². The predicted octanol–water partition coefficient (Wildman–Crippen LogP) is 2.28. The van der Waals surface area contributed by atoms with Crippen LogP contribution in [0.25, 0.3) is 0 Å². The molecule has 1 amide bonds. The van der Waals surface area contributed by atoms with Gasteiger partial charge < -0.3 is 5.32 Å². The molecular weight excluding hydrogens is 306 g/mol. The highest BCUT2D eigenvalue weighted by atomic mass is 16.6. The molecular formula is C13H13N5O5. The average molecular weight is 319 g/mol. The zero-order valence-electron chi connectivity index (χ0n) is 12.3. The normalized spacial score (nSPS) is 10.3. The van der Waals surface area contributed by atoms with Gasteiger partial charge in [-0.05, 0) is 25.5 Å². The molecule has 10 heteroatoms. The van der Waals surface area contributed by atoms with E-state index in [1.54, 1.807) is 19.9 Å². The minimum atomic E-state index is -0.831. The maximum Gasteiger partial charge on any atom is 0.320 e. The quantitative estimate of drug-likeness (QED) is 0.663. The Morgan fingerprint density at radius 3 is 2.48 bits per heavy atom. The number of carbonyl (C=O) groups excluding carboxylic acids is 1. The molecule has 0 saturated heterocycles. The molecule has 1 heterocycles. The number of rotatable bonds is 5. The minimum Gasteiger partial charge on any atom is -0.315 e. The predicted molar refractivity (Wildman–Crippen MR) is 80.3 cm³/mol. The summed E-state index contributed by atoms with van der Waals surface area (Å²) in [6.07, 6.45) is 0.974. The van der Waals surface area contributed by atoms with Gasteiger partial charge in [0.25, 0.3) is 11.6 Å². The second-order valence-corrected chi connectivity index (χ2v) is 4.68. The number of amides is 1. The van der Waals surface area contributed by atoms with E-state index in [0.717, 1.165) is 10.9 Å². The van der Waals surface area contributed by atoms with E-state index in [2.05, 4.69) is 10.4 Å². The summed E-state index contributed by atoms with van der Waals surface area (Å²) in [5.41, 5.74) is -0.391. The molecule has 0 bridgehead atoms. The number of benzene rings is 1. The first kappa shape index (κ1) is 16.1. The van der Waals surface area contributed by atoms with Crippen LogP contribution in [0.4, 0.5) is 17.1 Å². The molecule has 0 aliphatic heterocycles. The number of hydrogen-bond acceptors (Lipinski definition) is 6. The van der Waals surface area contributed by atoms with Crippen molar-refractivity contribution in [3.05, 3.63) is 55.9 Å². The van der Waals surface area contributed by atoms with Gasteiger partial charge in [0.2, 0.25) is 5.69 Å². The Balaban J connectivity index is 2.43. The average Bonchev–Trinajstić information content (AvgIpc) is 2.93. The zero-order chi connectivity index (χ0) is 17.1. The van der Waals surface area contributed by atoms with Crippen LogP contribution in [-0.2, 0) is 6.54 Å². The number of nitro benzene ring substituents is 1. The summed E-state index contributed by atoms with van der Waals surface area (Å²) in [5, 5.41) is 28.2. The largest absolute Gasteiger partial charge is 0.320 e. The lowest BCUT2D eigenvalue weighted by atomic mass is 10.2. The number of hydrogen-bond donors (Lipinski definition) is 1. The van der Waals surface area contributed by atoms with Crippen LogP contribution in [0, 0.1) is 27.2 Å². The fourth-order valence-electron chi connectivity index (χ4n) is 2.06. The van der Waals surface area contributed by atoms with E-state index in [1.165, 1.54) is 12.1 Å². The topological polar surface area (TPSA) is 133 Å². The number of nitrogens with one attached hydrogen (secondary N) is 1. The molecule has 10 nitrogen and oxygen atoms in total. The van der Waals surface area contributed by atoms with Crippen molar-refractivity contribution in [2.24, 2.45) is 0 Å². The van der Waals surface area contributed by atoms with Crippen molar-refractivity contribution in [2.75, 3.05) is 5.32 Å². The maximum atomic E-state index is 12.3. The Bertz CT molecular complexity index is 798. The van der Waals surface area contributed by atoms with Crippen molar-refractivity contribution in [3.8, 4) is 0 Å². The molecule has 1 N–H and O–H groups in total. The molecule has 0 aliphatic rings. The highest BCUT2D eigenvalue weighted by Gasteiger charge is 2.28. The van der Waals surface area contributed by atoms with E-state index in [-0.39, 0.29) is 23.6 Å². The third-order valence-electron chi connectivity index (χ3n) is 3.13. The summed E-state index contributed by atoms with van der Waals surface area (Å²) in [4.78, 5) is 33.0. The lowest BCUT2D eigenvalue weighted by Crippen LogP contribution is -2.19. The molecule has 120 valence electrons. The fourth-order valence-corrected chi connectivity index (χ4v) is 2.06. The highest BCUT2D eigenvalue weighted by Crippen LogP contribution is 2.27. The molecule has 0 fully saturated rings. The van der Waals surface area contributed by atoms with E-state index >= 15 is 0 Å². The van der Waals surface area contributed by atoms with Gasteiger partial charge in [-0.1, -0.05) is 6.07 Å². The van der Waals surface area contributed by atoms with Crippen LogP contribution in [0.5, 0.6) is 0 Å². The molecule has 0 saturated carbocycles. The van der Waals surface area contributed by atoms with Crippen molar-refractivity contribution >= 4 is 23.0 Å². The Morgan fingerprint density at radius 1 is 1.26 bits per heavy atom. The standard InChI is InChI=1S/C13H13N5O5/c1-3-16-12(11(7-14-16)18(22)23)13(19)15-9-5-4-8(2)6-10(9)17(20)21/h4-7H,3H2,1-2H3,(H,15,19). The number of nitro groups is 2. The molecule has 0 spiro atoms. The van der Waals surface area contributed by atoms with Gasteiger partial charge in [0.1, 0.15) is 11.9 Å². The molecule has 0 radical (unpaired) electrons. The molecule has 1 aromatic heterocycles. The summed E-state index contributed by atoms with van der Waals surface area (Å²) >= 11 is 0. The molecule has 2 rings (SSSR count). The first-order chi connectivity index (χ1) is 10.8.